The first-order valence-corrected chi connectivity index (χ1v) is 15.2. The van der Waals surface area contributed by atoms with Crippen molar-refractivity contribution in [2.75, 3.05) is 6.61 Å². The summed E-state index contributed by atoms with van der Waals surface area (Å²) < 4.78 is 5.56. The molecule has 3 aromatic carbocycles. The number of hydrogen-bond acceptors (Lipinski definition) is 7. The van der Waals surface area contributed by atoms with Gasteiger partial charge in [-0.2, -0.15) is 0 Å². The number of hydrogen-bond donors (Lipinski definition) is 2. The summed E-state index contributed by atoms with van der Waals surface area (Å²) in [4.78, 5) is 26.5. The lowest BCUT2D eigenvalue weighted by atomic mass is 9.84. The molecule has 234 valence electrons. The van der Waals surface area contributed by atoms with Gasteiger partial charge in [0.1, 0.15) is 11.5 Å². The summed E-state index contributed by atoms with van der Waals surface area (Å²) in [7, 11) is 0. The zero-order chi connectivity index (χ0) is 32.7. The van der Waals surface area contributed by atoms with E-state index >= 15 is 0 Å². The van der Waals surface area contributed by atoms with E-state index in [4.69, 9.17) is 4.74 Å². The number of phenols is 2. The normalized spacial score (nSPS) is 11.5. The van der Waals surface area contributed by atoms with E-state index in [2.05, 4.69) is 42.6 Å². The van der Waals surface area contributed by atoms with Gasteiger partial charge in [-0.05, 0) is 74.4 Å². The average Bonchev–Trinajstić information content (AvgIpc) is 3.01. The Morgan fingerprint density at radius 3 is 1.77 bits per heavy atom. The van der Waals surface area contributed by atoms with Crippen molar-refractivity contribution in [3.05, 3.63) is 90.5 Å². The molecule has 1 heterocycles. The molecule has 0 spiro atoms. The van der Waals surface area contributed by atoms with Crippen LogP contribution in [0.15, 0.2) is 84.9 Å². The molecule has 0 aliphatic heterocycles. The molecule has 0 saturated carbocycles. The molecule has 44 heavy (non-hydrogen) atoms. The quantitative estimate of drug-likeness (QED) is 0.154. The number of esters is 1. The van der Waals surface area contributed by atoms with E-state index in [0.29, 0.717) is 40.6 Å². The molecule has 0 radical (unpaired) electrons. The Morgan fingerprint density at radius 2 is 1.30 bits per heavy atom. The lowest BCUT2D eigenvalue weighted by Crippen LogP contribution is -2.14. The zero-order valence-electron chi connectivity index (χ0n) is 27.3. The summed E-state index contributed by atoms with van der Waals surface area (Å²) in [5, 5.41) is 20.9. The van der Waals surface area contributed by atoms with Crippen LogP contribution in [0.5, 0.6) is 11.5 Å². The van der Waals surface area contributed by atoms with Crippen molar-refractivity contribution in [2.24, 2.45) is 11.3 Å². The maximum atomic E-state index is 12.8. The Bertz CT molecular complexity index is 1440. The molecule has 1 aromatic heterocycles. The van der Waals surface area contributed by atoms with Gasteiger partial charge in [0, 0.05) is 5.56 Å². The SMILES string of the molecule is C/C=C\C.CC.CC(CCOC(=O)c1cccc(-c2nc(-c3ccccc3O)nc(-c3ccccc3O)n2)c1)CC(C)(C)C. The maximum absolute atomic E-state index is 12.8. The van der Waals surface area contributed by atoms with Gasteiger partial charge in [-0.25, -0.2) is 19.7 Å². The molecule has 0 saturated heterocycles. The minimum atomic E-state index is -0.411. The van der Waals surface area contributed by atoms with Crippen LogP contribution in [0.1, 0.15) is 78.6 Å². The number of aromatic hydroxyl groups is 2. The number of benzene rings is 3. The van der Waals surface area contributed by atoms with Crippen molar-refractivity contribution in [2.45, 2.75) is 68.2 Å². The summed E-state index contributed by atoms with van der Waals surface area (Å²) in [6, 6.07) is 20.4. The third kappa shape index (κ3) is 11.0. The van der Waals surface area contributed by atoms with Crippen LogP contribution in [-0.4, -0.2) is 37.7 Å². The Balaban J connectivity index is 0.00000104. The highest BCUT2D eigenvalue weighted by Gasteiger charge is 2.18. The van der Waals surface area contributed by atoms with Crippen LogP contribution in [0.4, 0.5) is 0 Å². The number of allylic oxidation sites excluding steroid dienone is 2. The van der Waals surface area contributed by atoms with E-state index < -0.39 is 5.97 Å². The van der Waals surface area contributed by atoms with E-state index in [1.165, 1.54) is 0 Å². The summed E-state index contributed by atoms with van der Waals surface area (Å²) in [6.45, 7) is 17.1. The van der Waals surface area contributed by atoms with Crippen LogP contribution >= 0.6 is 0 Å². The van der Waals surface area contributed by atoms with Crippen LogP contribution in [0, 0.1) is 11.3 Å². The minimum Gasteiger partial charge on any atom is -0.507 e. The highest BCUT2D eigenvalue weighted by molar-refractivity contribution is 5.90. The minimum absolute atomic E-state index is 0.0194. The molecule has 0 amide bonds. The van der Waals surface area contributed by atoms with E-state index in [0.717, 1.165) is 12.8 Å². The standard InChI is InChI=1S/C31H33N3O4.C4H8.C2H6/c1-20(19-31(2,3)4)16-17-38-30(37)22-11-9-10-21(18-22)27-32-28(23-12-5-7-14-25(23)35)34-29(33-27)24-13-6-8-15-26(24)36;1-3-4-2;1-2/h5-15,18,20,35-36H,16-17,19H2,1-4H3;3-4H,1-2H3;1-2H3/b;4-3-;. The average molecular weight is 598 g/mol. The first-order valence-electron chi connectivity index (χ1n) is 15.2. The topological polar surface area (TPSA) is 105 Å². The van der Waals surface area contributed by atoms with E-state index in [1.54, 1.807) is 72.8 Å². The second-order valence-corrected chi connectivity index (χ2v) is 11.4. The molecule has 0 aliphatic rings. The fourth-order valence-corrected chi connectivity index (χ4v) is 4.44. The van der Waals surface area contributed by atoms with Gasteiger partial charge in [0.15, 0.2) is 17.5 Å². The van der Waals surface area contributed by atoms with Gasteiger partial charge in [0.25, 0.3) is 0 Å². The van der Waals surface area contributed by atoms with Crippen LogP contribution in [0.25, 0.3) is 34.2 Å². The maximum Gasteiger partial charge on any atom is 0.338 e. The Morgan fingerprint density at radius 1 is 0.795 bits per heavy atom. The first kappa shape index (κ1) is 35.7. The predicted octanol–water partition coefficient (Wildman–Crippen LogP) is 9.51. The number of nitrogens with zero attached hydrogens (tertiary/aromatic N) is 3. The van der Waals surface area contributed by atoms with Crippen LogP contribution < -0.4 is 0 Å². The van der Waals surface area contributed by atoms with Gasteiger partial charge >= 0.3 is 5.97 Å². The first-order chi connectivity index (χ1) is 21.0. The molecule has 1 atom stereocenters. The second-order valence-electron chi connectivity index (χ2n) is 11.4. The Hall–Kier alpha value is -4.52. The smallest absolute Gasteiger partial charge is 0.338 e. The predicted molar refractivity (Wildman–Crippen MR) is 179 cm³/mol. The Kier molecular flexibility index (Phi) is 14.2. The van der Waals surface area contributed by atoms with Gasteiger partial charge in [0.05, 0.1) is 23.3 Å². The molecule has 7 heteroatoms. The summed E-state index contributed by atoms with van der Waals surface area (Å²) in [5.41, 5.74) is 2.05. The van der Waals surface area contributed by atoms with Gasteiger partial charge in [-0.1, -0.05) is 90.1 Å². The van der Waals surface area contributed by atoms with Gasteiger partial charge in [-0.3, -0.25) is 0 Å². The Labute approximate surface area is 262 Å². The number of ether oxygens (including phenoxy) is 1. The summed E-state index contributed by atoms with van der Waals surface area (Å²) in [6.07, 6.45) is 5.85. The molecule has 2 N–H and O–H groups in total. The fourth-order valence-electron chi connectivity index (χ4n) is 4.44. The molecule has 4 aromatic rings. The summed E-state index contributed by atoms with van der Waals surface area (Å²) >= 11 is 0. The van der Waals surface area contributed by atoms with Gasteiger partial charge in [0.2, 0.25) is 0 Å². The van der Waals surface area contributed by atoms with Crippen LogP contribution in [0.3, 0.4) is 0 Å². The van der Waals surface area contributed by atoms with Crippen molar-refractivity contribution in [3.8, 4) is 45.7 Å². The van der Waals surface area contributed by atoms with Crippen molar-refractivity contribution >= 4 is 5.97 Å². The highest BCUT2D eigenvalue weighted by Crippen LogP contribution is 2.32. The van der Waals surface area contributed by atoms with Gasteiger partial charge in [-0.15, -0.1) is 0 Å². The van der Waals surface area contributed by atoms with Crippen molar-refractivity contribution < 1.29 is 19.7 Å². The lowest BCUT2D eigenvalue weighted by molar-refractivity contribution is 0.0478. The molecular formula is C37H47N3O4. The van der Waals surface area contributed by atoms with Crippen LogP contribution in [0.2, 0.25) is 0 Å². The molecule has 1 unspecified atom stereocenters. The number of carbonyl (C=O) groups is 1. The highest BCUT2D eigenvalue weighted by atomic mass is 16.5. The third-order valence-electron chi connectivity index (χ3n) is 6.42. The van der Waals surface area contributed by atoms with Crippen molar-refractivity contribution in [1.82, 2.24) is 15.0 Å². The monoisotopic (exact) mass is 597 g/mol. The number of para-hydroxylation sites is 2. The molecule has 7 nitrogen and oxygen atoms in total. The fraction of sp³-hybridized carbons (Fsp3) is 0.351. The molecule has 4 rings (SSSR count). The van der Waals surface area contributed by atoms with Crippen molar-refractivity contribution in [3.63, 3.8) is 0 Å². The van der Waals surface area contributed by atoms with Crippen molar-refractivity contribution in [1.29, 1.82) is 0 Å². The molecule has 0 fully saturated rings. The van der Waals surface area contributed by atoms with Crippen LogP contribution in [-0.2, 0) is 4.74 Å². The third-order valence-corrected chi connectivity index (χ3v) is 6.42. The van der Waals surface area contributed by atoms with Gasteiger partial charge < -0.3 is 14.9 Å². The molecular weight excluding hydrogens is 550 g/mol. The second kappa shape index (κ2) is 17.6. The lowest BCUT2D eigenvalue weighted by Gasteiger charge is -2.23. The largest absolute Gasteiger partial charge is 0.507 e. The zero-order valence-corrected chi connectivity index (χ0v) is 27.3. The number of phenolic OH excluding ortho intramolecular Hbond substituents is 2. The van der Waals surface area contributed by atoms with E-state index in [1.807, 2.05) is 39.8 Å². The number of aromatic nitrogens is 3. The molecule has 0 bridgehead atoms. The molecule has 0 aliphatic carbocycles. The van der Waals surface area contributed by atoms with E-state index in [9.17, 15) is 15.0 Å². The van der Waals surface area contributed by atoms with E-state index in [-0.39, 0.29) is 28.6 Å². The summed E-state index contributed by atoms with van der Waals surface area (Å²) in [5.74, 6) is 0.854. The number of rotatable bonds is 8. The number of carbonyl (C=O) groups excluding carboxylic acids is 1.